The number of imidazole rings is 1. The van der Waals surface area contributed by atoms with Gasteiger partial charge in [0.15, 0.2) is 0 Å². The molecule has 0 saturated carbocycles. The van der Waals surface area contributed by atoms with Crippen molar-refractivity contribution in [2.45, 2.75) is 51.8 Å². The molecule has 1 aliphatic heterocycles. The van der Waals surface area contributed by atoms with Gasteiger partial charge < -0.3 is 24.8 Å². The largest absolute Gasteiger partial charge is 0.444 e. The Morgan fingerprint density at radius 2 is 2.06 bits per heavy atom. The highest BCUT2D eigenvalue weighted by Gasteiger charge is 2.30. The molecule has 1 aromatic heterocycles. The second kappa shape index (κ2) is 9.63. The minimum atomic E-state index is -0.554. The van der Waals surface area contributed by atoms with Gasteiger partial charge in [0.1, 0.15) is 5.60 Å². The number of nitrogens with zero attached hydrogens (tertiary/aromatic N) is 3. The van der Waals surface area contributed by atoms with Gasteiger partial charge in [-0.2, -0.15) is 0 Å². The molecule has 1 aliphatic rings. The van der Waals surface area contributed by atoms with Gasteiger partial charge in [0.25, 0.3) is 5.91 Å². The van der Waals surface area contributed by atoms with Crippen LogP contribution in [0.15, 0.2) is 43.0 Å². The molecule has 2 heterocycles. The monoisotopic (exact) mass is 427 g/mol. The summed E-state index contributed by atoms with van der Waals surface area (Å²) in [5.41, 5.74) is 0.454. The molecule has 2 aromatic rings. The summed E-state index contributed by atoms with van der Waals surface area (Å²) in [6, 6.07) is 6.66. The van der Waals surface area contributed by atoms with Gasteiger partial charge in [0.05, 0.1) is 6.33 Å². The predicted molar refractivity (Wildman–Crippen MR) is 116 cm³/mol. The maximum absolute atomic E-state index is 12.7. The lowest BCUT2D eigenvalue weighted by atomic mass is 10.1. The van der Waals surface area contributed by atoms with Crippen LogP contribution in [0.3, 0.4) is 0 Å². The summed E-state index contributed by atoms with van der Waals surface area (Å²) in [6.07, 6.45) is 5.71. The highest BCUT2D eigenvalue weighted by molar-refractivity contribution is 5.97. The number of rotatable bonds is 6. The van der Waals surface area contributed by atoms with Gasteiger partial charge >= 0.3 is 6.09 Å². The fourth-order valence-corrected chi connectivity index (χ4v) is 3.25. The topological polar surface area (TPSA) is 106 Å². The average molecular weight is 428 g/mol. The minimum absolute atomic E-state index is 0.143. The minimum Gasteiger partial charge on any atom is -0.444 e. The summed E-state index contributed by atoms with van der Waals surface area (Å²) in [5, 5.41) is 5.77. The highest BCUT2D eigenvalue weighted by atomic mass is 16.6. The van der Waals surface area contributed by atoms with E-state index in [0.29, 0.717) is 43.7 Å². The van der Waals surface area contributed by atoms with E-state index in [1.807, 2.05) is 25.3 Å². The van der Waals surface area contributed by atoms with Crippen molar-refractivity contribution in [3.8, 4) is 0 Å². The third-order valence-electron chi connectivity index (χ3n) is 4.74. The second-order valence-electron chi connectivity index (χ2n) is 8.56. The summed E-state index contributed by atoms with van der Waals surface area (Å²) in [5.74, 6) is -0.388. The van der Waals surface area contributed by atoms with E-state index in [0.717, 1.165) is 0 Å². The standard InChI is InChI=1S/C22H29N5O4/c1-22(2,3)31-21(30)27-11-7-18(14-27)25-20(29)16-5-4-6-17(13-16)24-19(28)8-10-26-12-9-23-15-26/h4-6,9,12-13,15,18H,7-8,10-11,14H2,1-3H3,(H,24,28)(H,25,29)/t18-/m1/s1. The van der Waals surface area contributed by atoms with E-state index in [4.69, 9.17) is 4.74 Å². The lowest BCUT2D eigenvalue weighted by Gasteiger charge is -2.24. The number of anilines is 1. The van der Waals surface area contributed by atoms with Gasteiger partial charge in [-0.1, -0.05) is 6.07 Å². The molecule has 0 unspecified atom stereocenters. The van der Waals surface area contributed by atoms with Gasteiger partial charge in [-0.3, -0.25) is 9.59 Å². The van der Waals surface area contributed by atoms with Crippen LogP contribution in [0.1, 0.15) is 44.0 Å². The Morgan fingerprint density at radius 1 is 1.26 bits per heavy atom. The van der Waals surface area contributed by atoms with Gasteiger partial charge in [0.2, 0.25) is 5.91 Å². The fourth-order valence-electron chi connectivity index (χ4n) is 3.25. The highest BCUT2D eigenvalue weighted by Crippen LogP contribution is 2.17. The first-order valence-electron chi connectivity index (χ1n) is 10.3. The summed E-state index contributed by atoms with van der Waals surface area (Å²) in [6.45, 7) is 6.94. The first-order valence-corrected chi connectivity index (χ1v) is 10.3. The Bertz CT molecular complexity index is 920. The number of hydrogen-bond acceptors (Lipinski definition) is 5. The quantitative estimate of drug-likeness (QED) is 0.737. The normalized spacial score (nSPS) is 16.1. The van der Waals surface area contributed by atoms with E-state index in [-0.39, 0.29) is 23.9 Å². The number of carbonyl (C=O) groups excluding carboxylic acids is 3. The van der Waals surface area contributed by atoms with Crippen molar-refractivity contribution < 1.29 is 19.1 Å². The van der Waals surface area contributed by atoms with E-state index < -0.39 is 5.60 Å². The first-order chi connectivity index (χ1) is 14.7. The van der Waals surface area contributed by atoms with Crippen molar-refractivity contribution >= 4 is 23.6 Å². The lowest BCUT2D eigenvalue weighted by molar-refractivity contribution is -0.116. The van der Waals surface area contributed by atoms with Crippen LogP contribution in [0.2, 0.25) is 0 Å². The maximum atomic E-state index is 12.7. The molecule has 1 atom stereocenters. The fraction of sp³-hybridized carbons (Fsp3) is 0.455. The third-order valence-corrected chi connectivity index (χ3v) is 4.74. The summed E-state index contributed by atoms with van der Waals surface area (Å²) in [7, 11) is 0. The molecule has 0 spiro atoms. The van der Waals surface area contributed by atoms with Crippen molar-refractivity contribution in [1.82, 2.24) is 19.8 Å². The number of ether oxygens (including phenoxy) is 1. The molecule has 3 amide bonds. The number of hydrogen-bond donors (Lipinski definition) is 2. The van der Waals surface area contributed by atoms with Crippen LogP contribution in [0, 0.1) is 0 Å². The SMILES string of the molecule is CC(C)(C)OC(=O)N1CC[C@@H](NC(=O)c2cccc(NC(=O)CCn3ccnc3)c2)C1. The van der Waals surface area contributed by atoms with E-state index in [9.17, 15) is 14.4 Å². The van der Waals surface area contributed by atoms with Crippen molar-refractivity contribution in [3.05, 3.63) is 48.5 Å². The Balaban J connectivity index is 1.49. The Morgan fingerprint density at radius 3 is 2.77 bits per heavy atom. The number of nitrogens with one attached hydrogen (secondary N) is 2. The van der Waals surface area contributed by atoms with Crippen molar-refractivity contribution in [3.63, 3.8) is 0 Å². The summed E-state index contributed by atoms with van der Waals surface area (Å²) >= 11 is 0. The summed E-state index contributed by atoms with van der Waals surface area (Å²) < 4.78 is 7.21. The molecular weight excluding hydrogens is 398 g/mol. The molecular formula is C22H29N5O4. The molecule has 2 N–H and O–H groups in total. The number of likely N-dealkylation sites (tertiary alicyclic amines) is 1. The van der Waals surface area contributed by atoms with Crippen LogP contribution >= 0.6 is 0 Å². The van der Waals surface area contributed by atoms with Gasteiger partial charge in [-0.25, -0.2) is 9.78 Å². The molecule has 0 bridgehead atoms. The predicted octanol–water partition coefficient (Wildman–Crippen LogP) is 2.65. The number of carbonyl (C=O) groups is 3. The van der Waals surface area contributed by atoms with Crippen LogP contribution in [-0.4, -0.2) is 57.1 Å². The number of aromatic nitrogens is 2. The molecule has 1 saturated heterocycles. The average Bonchev–Trinajstić information content (AvgIpc) is 3.37. The Kier molecular flexibility index (Phi) is 6.94. The first kappa shape index (κ1) is 22.3. The zero-order valence-electron chi connectivity index (χ0n) is 18.1. The Hall–Kier alpha value is -3.36. The van der Waals surface area contributed by atoms with Gasteiger partial charge in [-0.05, 0) is 45.4 Å². The molecule has 9 nitrogen and oxygen atoms in total. The van der Waals surface area contributed by atoms with E-state index in [2.05, 4.69) is 15.6 Å². The van der Waals surface area contributed by atoms with Crippen molar-refractivity contribution in [1.29, 1.82) is 0 Å². The van der Waals surface area contributed by atoms with E-state index in [1.54, 1.807) is 47.9 Å². The van der Waals surface area contributed by atoms with Crippen LogP contribution in [0.5, 0.6) is 0 Å². The summed E-state index contributed by atoms with van der Waals surface area (Å²) in [4.78, 5) is 42.6. The molecule has 9 heteroatoms. The molecule has 3 rings (SSSR count). The molecule has 0 radical (unpaired) electrons. The number of aryl methyl sites for hydroxylation is 1. The number of amides is 3. The maximum Gasteiger partial charge on any atom is 0.410 e. The van der Waals surface area contributed by atoms with Crippen molar-refractivity contribution in [2.24, 2.45) is 0 Å². The second-order valence-corrected chi connectivity index (χ2v) is 8.56. The smallest absolute Gasteiger partial charge is 0.410 e. The van der Waals surface area contributed by atoms with Crippen LogP contribution < -0.4 is 10.6 Å². The lowest BCUT2D eigenvalue weighted by Crippen LogP contribution is -2.40. The zero-order chi connectivity index (χ0) is 22.4. The van der Waals surface area contributed by atoms with Gasteiger partial charge in [-0.15, -0.1) is 0 Å². The van der Waals surface area contributed by atoms with E-state index in [1.165, 1.54) is 0 Å². The number of benzene rings is 1. The van der Waals surface area contributed by atoms with Crippen molar-refractivity contribution in [2.75, 3.05) is 18.4 Å². The zero-order valence-corrected chi connectivity index (χ0v) is 18.1. The third kappa shape index (κ3) is 6.84. The molecule has 1 fully saturated rings. The van der Waals surface area contributed by atoms with Crippen LogP contribution in [0.4, 0.5) is 10.5 Å². The van der Waals surface area contributed by atoms with Gasteiger partial charge in [0, 0.05) is 55.7 Å². The Labute approximate surface area is 181 Å². The molecule has 1 aromatic carbocycles. The van der Waals surface area contributed by atoms with E-state index >= 15 is 0 Å². The van der Waals surface area contributed by atoms with Crippen LogP contribution in [-0.2, 0) is 16.1 Å². The molecule has 0 aliphatic carbocycles. The molecule has 31 heavy (non-hydrogen) atoms. The molecule has 166 valence electrons. The van der Waals surface area contributed by atoms with Crippen LogP contribution in [0.25, 0.3) is 0 Å².